The van der Waals surface area contributed by atoms with Crippen molar-refractivity contribution in [2.24, 2.45) is 11.7 Å². The van der Waals surface area contributed by atoms with Gasteiger partial charge in [0, 0.05) is 12.1 Å². The van der Waals surface area contributed by atoms with E-state index in [1.54, 1.807) is 13.8 Å². The molecule has 2 atom stereocenters. The first kappa shape index (κ1) is 23.5. The van der Waals surface area contributed by atoms with Crippen molar-refractivity contribution in [1.82, 2.24) is 5.32 Å². The Morgan fingerprint density at radius 3 is 2.38 bits per heavy atom. The van der Waals surface area contributed by atoms with Gasteiger partial charge < -0.3 is 20.5 Å². The number of nitro groups is 1. The number of carbonyl (C=O) groups is 4. The van der Waals surface area contributed by atoms with Gasteiger partial charge in [-0.3, -0.25) is 29.3 Å². The molecule has 1 aromatic carbocycles. The number of nitrogens with zero attached hydrogens (tertiary/aromatic N) is 1. The number of nitrogens with one attached hydrogen (secondary N) is 1. The molecule has 29 heavy (non-hydrogen) atoms. The van der Waals surface area contributed by atoms with Crippen LogP contribution < -0.4 is 11.1 Å². The minimum atomic E-state index is -1.52. The van der Waals surface area contributed by atoms with E-state index in [0.29, 0.717) is 5.56 Å². The van der Waals surface area contributed by atoms with Crippen molar-refractivity contribution in [2.45, 2.75) is 32.7 Å². The third-order valence-electron chi connectivity index (χ3n) is 3.79. The van der Waals surface area contributed by atoms with Gasteiger partial charge in [0.05, 0.1) is 36.9 Å². The Hall–Kier alpha value is -3.50. The first-order valence-electron chi connectivity index (χ1n) is 8.83. The molecule has 2 amide bonds. The second kappa shape index (κ2) is 11.4. The van der Waals surface area contributed by atoms with Gasteiger partial charge in [-0.2, -0.15) is 0 Å². The largest absolute Gasteiger partial charge is 0.466 e. The number of esters is 2. The summed E-state index contributed by atoms with van der Waals surface area (Å²) in [6, 6.07) is 3.86. The van der Waals surface area contributed by atoms with E-state index in [-0.39, 0.29) is 25.3 Å². The van der Waals surface area contributed by atoms with Gasteiger partial charge in [-0.1, -0.05) is 12.1 Å². The van der Waals surface area contributed by atoms with Gasteiger partial charge in [0.15, 0.2) is 0 Å². The van der Waals surface area contributed by atoms with Gasteiger partial charge in [0.25, 0.3) is 5.69 Å². The molecule has 0 aliphatic rings. The number of nitrogens with two attached hydrogens (primary N) is 1. The van der Waals surface area contributed by atoms with Crippen molar-refractivity contribution < 1.29 is 33.6 Å². The van der Waals surface area contributed by atoms with Crippen LogP contribution in [0.3, 0.4) is 0 Å². The zero-order valence-corrected chi connectivity index (χ0v) is 16.1. The van der Waals surface area contributed by atoms with Crippen LogP contribution in [0.1, 0.15) is 25.8 Å². The zero-order chi connectivity index (χ0) is 22.0. The van der Waals surface area contributed by atoms with Crippen LogP contribution in [0.2, 0.25) is 0 Å². The number of nitro benzene ring substituents is 1. The average Bonchev–Trinajstić information content (AvgIpc) is 2.64. The predicted octanol–water partition coefficient (Wildman–Crippen LogP) is 0.240. The molecular formula is C18H23N3O8. The number of hydrogen-bond acceptors (Lipinski definition) is 8. The number of hydrogen-bond donors (Lipinski definition) is 2. The quantitative estimate of drug-likeness (QED) is 0.297. The second-order valence-corrected chi connectivity index (χ2v) is 5.92. The van der Waals surface area contributed by atoms with Gasteiger partial charge in [-0.15, -0.1) is 0 Å². The Bertz CT molecular complexity index is 780. The third-order valence-corrected chi connectivity index (χ3v) is 3.79. The molecule has 0 aliphatic heterocycles. The first-order valence-corrected chi connectivity index (χ1v) is 8.83. The van der Waals surface area contributed by atoms with Crippen LogP contribution in [0.5, 0.6) is 0 Å². The van der Waals surface area contributed by atoms with Crippen LogP contribution in [-0.4, -0.2) is 47.9 Å². The standard InChI is InChI=1S/C18H23N3O8/c1-3-28-15(23)10-13(18(25)29-4-2)16(17(19)24)20-14(22)9-11-6-5-7-12(8-11)21(26)27/h5-8,13,16H,3-4,9-10H2,1-2H3,(H2,19,24)(H,20,22)/t13-,16+/m1/s1. The van der Waals surface area contributed by atoms with Crippen molar-refractivity contribution in [3.8, 4) is 0 Å². The first-order chi connectivity index (χ1) is 13.7. The lowest BCUT2D eigenvalue weighted by atomic mass is 9.95. The van der Waals surface area contributed by atoms with E-state index < -0.39 is 47.1 Å². The Labute approximate surface area is 166 Å². The van der Waals surface area contributed by atoms with Gasteiger partial charge in [-0.05, 0) is 19.4 Å². The molecule has 11 nitrogen and oxygen atoms in total. The van der Waals surface area contributed by atoms with Crippen LogP contribution in [0, 0.1) is 16.0 Å². The molecule has 0 spiro atoms. The number of ether oxygens (including phenoxy) is 2. The molecule has 0 unspecified atom stereocenters. The summed E-state index contributed by atoms with van der Waals surface area (Å²) in [7, 11) is 0. The van der Waals surface area contributed by atoms with Crippen molar-refractivity contribution in [2.75, 3.05) is 13.2 Å². The molecule has 0 aromatic heterocycles. The molecule has 0 aliphatic carbocycles. The molecule has 1 aromatic rings. The number of carbonyl (C=O) groups excluding carboxylic acids is 4. The van der Waals surface area contributed by atoms with Gasteiger partial charge in [-0.25, -0.2) is 0 Å². The van der Waals surface area contributed by atoms with Crippen molar-refractivity contribution in [1.29, 1.82) is 0 Å². The summed E-state index contributed by atoms with van der Waals surface area (Å²) in [5.74, 6) is -4.78. The van der Waals surface area contributed by atoms with Gasteiger partial charge in [0.2, 0.25) is 11.8 Å². The Morgan fingerprint density at radius 2 is 1.83 bits per heavy atom. The fourth-order valence-corrected chi connectivity index (χ4v) is 2.55. The smallest absolute Gasteiger partial charge is 0.312 e. The zero-order valence-electron chi connectivity index (χ0n) is 16.1. The molecule has 0 heterocycles. The fourth-order valence-electron chi connectivity index (χ4n) is 2.55. The number of benzene rings is 1. The molecule has 1 rings (SSSR count). The molecule has 11 heteroatoms. The summed E-state index contributed by atoms with van der Waals surface area (Å²) in [5, 5.41) is 13.1. The summed E-state index contributed by atoms with van der Waals surface area (Å²) < 4.78 is 9.67. The van der Waals surface area contributed by atoms with E-state index >= 15 is 0 Å². The van der Waals surface area contributed by atoms with Crippen LogP contribution in [0.25, 0.3) is 0 Å². The van der Waals surface area contributed by atoms with Crippen LogP contribution in [0.4, 0.5) is 5.69 Å². The monoisotopic (exact) mass is 409 g/mol. The van der Waals surface area contributed by atoms with E-state index in [1.807, 2.05) is 0 Å². The third kappa shape index (κ3) is 7.56. The summed E-state index contributed by atoms with van der Waals surface area (Å²) in [6.45, 7) is 3.17. The molecular weight excluding hydrogens is 386 g/mol. The maximum Gasteiger partial charge on any atom is 0.312 e. The lowest BCUT2D eigenvalue weighted by Crippen LogP contribution is -2.52. The molecule has 0 radical (unpaired) electrons. The molecule has 0 saturated heterocycles. The van der Waals surface area contributed by atoms with E-state index in [9.17, 15) is 29.3 Å². The Balaban J connectivity index is 2.99. The molecule has 3 N–H and O–H groups in total. The molecule has 0 saturated carbocycles. The summed E-state index contributed by atoms with van der Waals surface area (Å²) in [5.41, 5.74) is 5.44. The summed E-state index contributed by atoms with van der Waals surface area (Å²) >= 11 is 0. The van der Waals surface area contributed by atoms with E-state index in [0.717, 1.165) is 0 Å². The fraction of sp³-hybridized carbons (Fsp3) is 0.444. The minimum Gasteiger partial charge on any atom is -0.466 e. The molecule has 0 fully saturated rings. The molecule has 0 bridgehead atoms. The SMILES string of the molecule is CCOC(=O)C[C@@H](C(=O)OCC)[C@H](NC(=O)Cc1cccc([N+](=O)[O-])c1)C(N)=O. The van der Waals surface area contributed by atoms with Gasteiger partial charge >= 0.3 is 11.9 Å². The number of amides is 2. The maximum atomic E-state index is 12.3. The average molecular weight is 409 g/mol. The number of non-ortho nitro benzene ring substituents is 1. The number of rotatable bonds is 11. The Kier molecular flexibility index (Phi) is 9.23. The summed E-state index contributed by atoms with van der Waals surface area (Å²) in [6.07, 6.45) is -0.822. The van der Waals surface area contributed by atoms with Crippen LogP contribution >= 0.6 is 0 Å². The van der Waals surface area contributed by atoms with E-state index in [4.69, 9.17) is 15.2 Å². The van der Waals surface area contributed by atoms with Crippen LogP contribution in [-0.2, 0) is 35.1 Å². The predicted molar refractivity (Wildman–Crippen MR) is 99.3 cm³/mol. The lowest BCUT2D eigenvalue weighted by molar-refractivity contribution is -0.384. The van der Waals surface area contributed by atoms with Crippen molar-refractivity contribution in [3.05, 3.63) is 39.9 Å². The van der Waals surface area contributed by atoms with E-state index in [2.05, 4.69) is 5.32 Å². The molecule has 158 valence electrons. The Morgan fingerprint density at radius 1 is 1.17 bits per heavy atom. The second-order valence-electron chi connectivity index (χ2n) is 5.92. The van der Waals surface area contributed by atoms with Crippen molar-refractivity contribution in [3.63, 3.8) is 0 Å². The lowest BCUT2D eigenvalue weighted by Gasteiger charge is -2.23. The van der Waals surface area contributed by atoms with Crippen LogP contribution in [0.15, 0.2) is 24.3 Å². The van der Waals surface area contributed by atoms with E-state index in [1.165, 1.54) is 24.3 Å². The highest BCUT2D eigenvalue weighted by molar-refractivity contribution is 5.93. The van der Waals surface area contributed by atoms with Gasteiger partial charge in [0.1, 0.15) is 6.04 Å². The highest BCUT2D eigenvalue weighted by Gasteiger charge is 2.37. The minimum absolute atomic E-state index is 0.00866. The highest BCUT2D eigenvalue weighted by atomic mass is 16.6. The highest BCUT2D eigenvalue weighted by Crippen LogP contribution is 2.16. The topological polar surface area (TPSA) is 168 Å². The number of primary amides is 1. The summed E-state index contributed by atoms with van der Waals surface area (Å²) in [4.78, 5) is 58.5. The normalized spacial score (nSPS) is 12.3. The maximum absolute atomic E-state index is 12.3. The van der Waals surface area contributed by atoms with Crippen molar-refractivity contribution >= 4 is 29.4 Å².